The van der Waals surface area contributed by atoms with E-state index in [2.05, 4.69) is 25.1 Å². The van der Waals surface area contributed by atoms with E-state index in [1.807, 2.05) is 6.07 Å². The third kappa shape index (κ3) is 14.7. The molecule has 1 aromatic carbocycles. The minimum absolute atomic E-state index is 0.0102. The van der Waals surface area contributed by atoms with Crippen LogP contribution >= 0.6 is 0 Å². The maximum absolute atomic E-state index is 12.1. The van der Waals surface area contributed by atoms with Crippen LogP contribution in [0.15, 0.2) is 66.8 Å². The summed E-state index contributed by atoms with van der Waals surface area (Å²) in [5.74, 6) is -1.30. The van der Waals surface area contributed by atoms with Crippen LogP contribution in [-0.2, 0) is 35.1 Å². The molecule has 1 amide bonds. The number of hydrogen-bond donors (Lipinski definition) is 3. The van der Waals surface area contributed by atoms with Crippen molar-refractivity contribution in [1.82, 2.24) is 5.32 Å². The zero-order valence-electron chi connectivity index (χ0n) is 22.5. The third-order valence-electron chi connectivity index (χ3n) is 4.82. The molecule has 1 unspecified atom stereocenters. The number of aliphatic hydroxyl groups is 1. The highest BCUT2D eigenvalue weighted by Gasteiger charge is 2.32. The highest BCUT2D eigenvalue weighted by Crippen LogP contribution is 2.14. The number of aliphatic hydroxyl groups excluding tert-OH is 1. The molecule has 1 rings (SSSR count). The molecule has 212 valence electrons. The Morgan fingerprint density at radius 3 is 2.05 bits per heavy atom. The summed E-state index contributed by atoms with van der Waals surface area (Å²) in [7, 11) is 0. The maximum Gasteiger partial charge on any atom is 0.408 e. The van der Waals surface area contributed by atoms with Crippen molar-refractivity contribution in [2.24, 2.45) is 0 Å². The first-order valence-electron chi connectivity index (χ1n) is 12.2. The lowest BCUT2D eigenvalue weighted by atomic mass is 10.1. The van der Waals surface area contributed by atoms with E-state index in [0.29, 0.717) is 0 Å². The monoisotopic (exact) mass is 535 g/mol. The van der Waals surface area contributed by atoms with Gasteiger partial charge in [0.1, 0.15) is 24.9 Å². The normalized spacial score (nSPS) is 14.1. The van der Waals surface area contributed by atoms with Gasteiger partial charge in [-0.15, -0.1) is 0 Å². The molecule has 0 aliphatic heterocycles. The molecule has 0 bridgehead atoms. The van der Waals surface area contributed by atoms with Crippen molar-refractivity contribution in [2.45, 2.75) is 51.7 Å². The predicted octanol–water partition coefficient (Wildman–Crippen LogP) is 3.26. The van der Waals surface area contributed by atoms with Gasteiger partial charge in [-0.05, 0) is 26.3 Å². The number of carboxylic acids is 1. The van der Waals surface area contributed by atoms with Crippen molar-refractivity contribution in [1.29, 1.82) is 0 Å². The van der Waals surface area contributed by atoms with Gasteiger partial charge < -0.3 is 39.2 Å². The fourth-order valence-corrected chi connectivity index (χ4v) is 3.02. The first-order valence-corrected chi connectivity index (χ1v) is 12.2. The van der Waals surface area contributed by atoms with Crippen LogP contribution in [-0.4, -0.2) is 86.3 Å². The van der Waals surface area contributed by atoms with Gasteiger partial charge in [0.15, 0.2) is 6.04 Å². The summed E-state index contributed by atoms with van der Waals surface area (Å²) in [4.78, 5) is 23.8. The number of ether oxygens (including phenoxy) is 5. The fraction of sp³-hybridized carbons (Fsp3) is 0.500. The Morgan fingerprint density at radius 2 is 1.47 bits per heavy atom. The van der Waals surface area contributed by atoms with Crippen LogP contribution in [0.25, 0.3) is 0 Å². The molecule has 3 N–H and O–H groups in total. The number of alkyl carbamates (subject to hydrolysis) is 1. The zero-order chi connectivity index (χ0) is 28.5. The summed E-state index contributed by atoms with van der Waals surface area (Å²) < 4.78 is 28.0. The Labute approximate surface area is 224 Å². The van der Waals surface area contributed by atoms with E-state index in [-0.39, 0.29) is 46.2 Å². The number of carbonyl (C=O) groups is 2. The van der Waals surface area contributed by atoms with Crippen LogP contribution in [0.4, 0.5) is 4.79 Å². The van der Waals surface area contributed by atoms with Crippen LogP contribution < -0.4 is 5.32 Å². The SMILES string of the molecule is C=C(C)COC[C@@H](O)[C@H](OCC(=C)C)[C@H](COCC(NC(=O)OCc1ccccc1)C(=O)O)OCC(=C)C. The maximum atomic E-state index is 12.1. The van der Waals surface area contributed by atoms with Gasteiger partial charge in [-0.2, -0.15) is 0 Å². The number of nitrogens with one attached hydrogen (secondary N) is 1. The number of carbonyl (C=O) groups excluding carboxylic acids is 1. The van der Waals surface area contributed by atoms with Gasteiger partial charge in [0.05, 0.1) is 39.6 Å². The van der Waals surface area contributed by atoms with Crippen molar-refractivity contribution in [3.05, 3.63) is 72.4 Å². The molecule has 10 heteroatoms. The van der Waals surface area contributed by atoms with Gasteiger partial charge >= 0.3 is 12.1 Å². The molecule has 0 saturated carbocycles. The van der Waals surface area contributed by atoms with Gasteiger partial charge in [0, 0.05) is 0 Å². The van der Waals surface area contributed by atoms with Crippen molar-refractivity contribution in [2.75, 3.05) is 39.6 Å². The molecule has 0 aromatic heterocycles. The molecule has 0 aliphatic rings. The number of amides is 1. The van der Waals surface area contributed by atoms with Crippen molar-refractivity contribution in [3.8, 4) is 0 Å². The second-order valence-electron chi connectivity index (χ2n) is 9.21. The Bertz CT molecular complexity index is 903. The highest BCUT2D eigenvalue weighted by molar-refractivity contribution is 5.80. The molecule has 0 spiro atoms. The molecule has 4 atom stereocenters. The van der Waals surface area contributed by atoms with E-state index >= 15 is 0 Å². The van der Waals surface area contributed by atoms with Crippen LogP contribution in [0.3, 0.4) is 0 Å². The molecule has 1 aromatic rings. The van der Waals surface area contributed by atoms with Gasteiger partial charge in [-0.3, -0.25) is 0 Å². The van der Waals surface area contributed by atoms with Gasteiger partial charge in [-0.1, -0.05) is 66.8 Å². The minimum atomic E-state index is -1.38. The largest absolute Gasteiger partial charge is 0.480 e. The average molecular weight is 536 g/mol. The van der Waals surface area contributed by atoms with Gasteiger partial charge in [-0.25, -0.2) is 9.59 Å². The molecular formula is C28H41NO9. The molecule has 0 saturated heterocycles. The Kier molecular flexibility index (Phi) is 15.9. The Hall–Kier alpha value is -3.02. The molecule has 10 nitrogen and oxygen atoms in total. The van der Waals surface area contributed by atoms with Gasteiger partial charge in [0.25, 0.3) is 0 Å². The summed E-state index contributed by atoms with van der Waals surface area (Å²) in [5.41, 5.74) is 3.01. The highest BCUT2D eigenvalue weighted by atomic mass is 16.6. The van der Waals surface area contributed by atoms with Crippen LogP contribution in [0.5, 0.6) is 0 Å². The zero-order valence-corrected chi connectivity index (χ0v) is 22.5. The van der Waals surface area contributed by atoms with Crippen molar-refractivity contribution < 1.29 is 43.5 Å². The number of carboxylic acid groups (broad SMARTS) is 1. The van der Waals surface area contributed by atoms with E-state index in [1.165, 1.54) is 0 Å². The second kappa shape index (κ2) is 18.3. The number of hydrogen-bond acceptors (Lipinski definition) is 8. The van der Waals surface area contributed by atoms with E-state index < -0.39 is 36.4 Å². The third-order valence-corrected chi connectivity index (χ3v) is 4.82. The van der Waals surface area contributed by atoms with E-state index in [1.54, 1.807) is 45.0 Å². The summed E-state index contributed by atoms with van der Waals surface area (Å²) in [5, 5.41) is 22.6. The van der Waals surface area contributed by atoms with Crippen LogP contribution in [0.2, 0.25) is 0 Å². The Morgan fingerprint density at radius 1 is 0.868 bits per heavy atom. The van der Waals surface area contributed by atoms with Crippen molar-refractivity contribution >= 4 is 12.1 Å². The molecule has 0 fully saturated rings. The summed E-state index contributed by atoms with van der Waals surface area (Å²) >= 11 is 0. The summed E-state index contributed by atoms with van der Waals surface area (Å²) in [6, 6.07) is 7.61. The lowest BCUT2D eigenvalue weighted by Gasteiger charge is -2.31. The van der Waals surface area contributed by atoms with Crippen LogP contribution in [0, 0.1) is 0 Å². The lowest BCUT2D eigenvalue weighted by Crippen LogP contribution is -2.48. The van der Waals surface area contributed by atoms with E-state index in [9.17, 15) is 19.8 Å². The molecule has 0 heterocycles. The van der Waals surface area contributed by atoms with Gasteiger partial charge in [0.2, 0.25) is 0 Å². The Balaban J connectivity index is 2.81. The van der Waals surface area contributed by atoms with Crippen molar-refractivity contribution in [3.63, 3.8) is 0 Å². The second-order valence-corrected chi connectivity index (χ2v) is 9.21. The summed E-state index contributed by atoms with van der Waals surface area (Å²) in [6.07, 6.45) is -3.68. The van der Waals surface area contributed by atoms with E-state index in [4.69, 9.17) is 23.7 Å². The van der Waals surface area contributed by atoms with E-state index in [0.717, 1.165) is 22.3 Å². The lowest BCUT2D eigenvalue weighted by molar-refractivity contribution is -0.152. The minimum Gasteiger partial charge on any atom is -0.480 e. The molecular weight excluding hydrogens is 494 g/mol. The standard InChI is InChI=1S/C28H41NO9/c1-19(2)12-34-17-24(30)26(37-14-21(5)6)25(36-13-20(3)4)18-35-16-23(27(31)32)29-28(33)38-15-22-10-8-7-9-11-22/h7-11,23-26,30H,1,3,5,12-18H2,2,4,6H3,(H,29,33)(H,31,32)/t23?,24-,25+,26+/m1/s1. The number of rotatable bonds is 20. The number of benzene rings is 1. The smallest absolute Gasteiger partial charge is 0.408 e. The predicted molar refractivity (Wildman–Crippen MR) is 143 cm³/mol. The van der Waals surface area contributed by atoms with Crippen LogP contribution in [0.1, 0.15) is 26.3 Å². The first-order chi connectivity index (χ1) is 18.0. The molecule has 0 radical (unpaired) electrons. The fourth-order valence-electron chi connectivity index (χ4n) is 3.02. The number of aliphatic carboxylic acids is 1. The quantitative estimate of drug-likeness (QED) is 0.215. The summed E-state index contributed by atoms with van der Waals surface area (Å²) in [6.45, 7) is 16.8. The molecule has 38 heavy (non-hydrogen) atoms. The molecule has 0 aliphatic carbocycles. The first kappa shape index (κ1) is 33.0. The topological polar surface area (TPSA) is 133 Å². The average Bonchev–Trinajstić information content (AvgIpc) is 2.85.